The van der Waals surface area contributed by atoms with Gasteiger partial charge in [0.2, 0.25) is 0 Å². The van der Waals surface area contributed by atoms with Crippen LogP contribution >= 0.6 is 11.5 Å². The van der Waals surface area contributed by atoms with Crippen molar-refractivity contribution in [2.45, 2.75) is 12.0 Å². The van der Waals surface area contributed by atoms with Gasteiger partial charge < -0.3 is 15.5 Å². The molecule has 0 atom stereocenters. The molecular formula is C19H16FN7S. The molecule has 5 heterocycles. The van der Waals surface area contributed by atoms with E-state index in [9.17, 15) is 4.39 Å². The summed E-state index contributed by atoms with van der Waals surface area (Å²) in [6.45, 7) is 3.01. The Morgan fingerprint density at radius 3 is 2.89 bits per heavy atom. The van der Waals surface area contributed by atoms with Crippen molar-refractivity contribution in [3.05, 3.63) is 42.6 Å². The Morgan fingerprint density at radius 1 is 1.18 bits per heavy atom. The van der Waals surface area contributed by atoms with Crippen molar-refractivity contribution in [3.63, 3.8) is 0 Å². The van der Waals surface area contributed by atoms with Crippen LogP contribution in [0.25, 0.3) is 21.1 Å². The third kappa shape index (κ3) is 2.36. The Kier molecular flexibility index (Phi) is 3.33. The minimum atomic E-state index is -0.330. The van der Waals surface area contributed by atoms with Crippen LogP contribution in [-0.2, 0) is 0 Å². The summed E-state index contributed by atoms with van der Waals surface area (Å²) in [5.41, 5.74) is 1.98. The van der Waals surface area contributed by atoms with Crippen molar-refractivity contribution < 1.29 is 4.39 Å². The highest BCUT2D eigenvalue weighted by Gasteiger charge is 2.47. The SMILES string of the molecule is Fc1c(Nc2ncnc3ccc(N4CC5(CCN5)C4)nc23)ccc2cnsc12. The molecule has 2 N–H and O–H groups in total. The lowest BCUT2D eigenvalue weighted by Crippen LogP contribution is -2.76. The molecule has 2 fully saturated rings. The normalized spacial score (nSPS) is 17.7. The van der Waals surface area contributed by atoms with Gasteiger partial charge in [0.25, 0.3) is 0 Å². The lowest BCUT2D eigenvalue weighted by atomic mass is 9.80. The van der Waals surface area contributed by atoms with Gasteiger partial charge in [0.1, 0.15) is 17.7 Å². The lowest BCUT2D eigenvalue weighted by Gasteiger charge is -2.56. The molecule has 140 valence electrons. The first-order valence-electron chi connectivity index (χ1n) is 9.13. The number of hydrogen-bond donors (Lipinski definition) is 2. The lowest BCUT2D eigenvalue weighted by molar-refractivity contribution is 0.159. The second kappa shape index (κ2) is 5.79. The van der Waals surface area contributed by atoms with Gasteiger partial charge in [0.05, 0.1) is 21.4 Å². The maximum absolute atomic E-state index is 14.8. The first-order chi connectivity index (χ1) is 13.7. The van der Waals surface area contributed by atoms with Gasteiger partial charge in [-0.05, 0) is 48.8 Å². The van der Waals surface area contributed by atoms with Crippen molar-refractivity contribution in [3.8, 4) is 0 Å². The molecule has 3 aromatic heterocycles. The number of aromatic nitrogens is 4. The van der Waals surface area contributed by atoms with E-state index in [-0.39, 0.29) is 11.4 Å². The fourth-order valence-corrected chi connectivity index (χ4v) is 4.61. The summed E-state index contributed by atoms with van der Waals surface area (Å²) in [4.78, 5) is 15.6. The van der Waals surface area contributed by atoms with E-state index in [0.29, 0.717) is 21.7 Å². The van der Waals surface area contributed by atoms with Gasteiger partial charge in [-0.25, -0.2) is 19.3 Å². The molecule has 9 heteroatoms. The summed E-state index contributed by atoms with van der Waals surface area (Å²) in [5, 5.41) is 7.39. The van der Waals surface area contributed by atoms with E-state index in [4.69, 9.17) is 4.98 Å². The molecule has 2 saturated heterocycles. The van der Waals surface area contributed by atoms with Crippen molar-refractivity contribution in [2.75, 3.05) is 29.9 Å². The minimum absolute atomic E-state index is 0.276. The molecule has 2 aliphatic heterocycles. The number of fused-ring (bicyclic) bond motifs is 2. The number of benzene rings is 1. The standard InChI is InChI=1S/C19H16FN7S/c20-15-12(2-1-11-7-24-28-17(11)15)25-18-16-13(21-10-22-18)3-4-14(26-16)27-8-19(9-27)5-6-23-19/h1-4,7,10,23H,5-6,8-9H2,(H,21,22,25). The first kappa shape index (κ1) is 16.1. The van der Waals surface area contributed by atoms with Crippen molar-refractivity contribution in [1.82, 2.24) is 24.6 Å². The van der Waals surface area contributed by atoms with Gasteiger partial charge in [0.15, 0.2) is 11.6 Å². The summed E-state index contributed by atoms with van der Waals surface area (Å²) >= 11 is 1.14. The molecule has 28 heavy (non-hydrogen) atoms. The van der Waals surface area contributed by atoms with Crippen molar-refractivity contribution in [2.24, 2.45) is 0 Å². The average Bonchev–Trinajstić information content (AvgIpc) is 3.12. The van der Waals surface area contributed by atoms with Gasteiger partial charge in [-0.3, -0.25) is 0 Å². The van der Waals surface area contributed by atoms with Gasteiger partial charge in [-0.1, -0.05) is 0 Å². The summed E-state index contributed by atoms with van der Waals surface area (Å²) in [6, 6.07) is 7.46. The third-order valence-corrected chi connectivity index (χ3v) is 6.41. The number of nitrogens with one attached hydrogen (secondary N) is 2. The van der Waals surface area contributed by atoms with Crippen LogP contribution < -0.4 is 15.5 Å². The molecule has 6 rings (SSSR count). The van der Waals surface area contributed by atoms with E-state index < -0.39 is 0 Å². The van der Waals surface area contributed by atoms with Crippen LogP contribution in [0.4, 0.5) is 21.7 Å². The average molecular weight is 393 g/mol. The molecule has 4 aromatic rings. The molecule has 2 aliphatic rings. The maximum Gasteiger partial charge on any atom is 0.166 e. The van der Waals surface area contributed by atoms with Crippen LogP contribution in [-0.4, -0.2) is 44.5 Å². The van der Waals surface area contributed by atoms with Crippen LogP contribution in [0.1, 0.15) is 6.42 Å². The predicted octanol–water partition coefficient (Wildman–Crippen LogP) is 3.07. The van der Waals surface area contributed by atoms with Crippen LogP contribution in [0.5, 0.6) is 0 Å². The monoisotopic (exact) mass is 393 g/mol. The Balaban J connectivity index is 1.37. The fourth-order valence-electron chi connectivity index (χ4n) is 3.92. The van der Waals surface area contributed by atoms with E-state index in [2.05, 4.69) is 29.9 Å². The number of rotatable bonds is 3. The first-order valence-corrected chi connectivity index (χ1v) is 9.90. The Hall–Kier alpha value is -2.91. The van der Waals surface area contributed by atoms with E-state index in [1.165, 1.54) is 12.7 Å². The zero-order valence-corrected chi connectivity index (χ0v) is 15.6. The van der Waals surface area contributed by atoms with E-state index >= 15 is 0 Å². The summed E-state index contributed by atoms with van der Waals surface area (Å²) in [6.07, 6.45) is 4.34. The molecule has 1 spiro atoms. The zero-order chi connectivity index (χ0) is 18.7. The third-order valence-electron chi connectivity index (χ3n) is 5.60. The topological polar surface area (TPSA) is 78.9 Å². The Bertz CT molecular complexity index is 1210. The maximum atomic E-state index is 14.8. The van der Waals surface area contributed by atoms with Gasteiger partial charge in [-0.15, -0.1) is 0 Å². The smallest absolute Gasteiger partial charge is 0.166 e. The summed E-state index contributed by atoms with van der Waals surface area (Å²) in [5.74, 6) is 1.05. The van der Waals surface area contributed by atoms with Crippen LogP contribution in [0.15, 0.2) is 36.8 Å². The molecule has 0 amide bonds. The molecule has 0 radical (unpaired) electrons. The number of hydrogen-bond acceptors (Lipinski definition) is 8. The van der Waals surface area contributed by atoms with Crippen LogP contribution in [0.3, 0.4) is 0 Å². The van der Waals surface area contributed by atoms with E-state index in [0.717, 1.165) is 47.9 Å². The van der Waals surface area contributed by atoms with Gasteiger partial charge in [0, 0.05) is 24.7 Å². The Labute approximate surface area is 163 Å². The van der Waals surface area contributed by atoms with Gasteiger partial charge in [-0.2, -0.15) is 4.37 Å². The quantitative estimate of drug-likeness (QED) is 0.554. The van der Waals surface area contributed by atoms with Crippen LogP contribution in [0, 0.1) is 5.82 Å². The summed E-state index contributed by atoms with van der Waals surface area (Å²) < 4.78 is 19.4. The van der Waals surface area contributed by atoms with Gasteiger partial charge >= 0.3 is 0 Å². The highest BCUT2D eigenvalue weighted by atomic mass is 32.1. The number of pyridine rings is 1. The number of halogens is 1. The molecule has 0 aliphatic carbocycles. The molecule has 7 nitrogen and oxygen atoms in total. The molecule has 0 saturated carbocycles. The molecule has 0 unspecified atom stereocenters. The van der Waals surface area contributed by atoms with E-state index in [1.807, 2.05) is 18.2 Å². The molecule has 1 aromatic carbocycles. The van der Waals surface area contributed by atoms with Crippen LogP contribution in [0.2, 0.25) is 0 Å². The second-order valence-electron chi connectivity index (χ2n) is 7.37. The van der Waals surface area contributed by atoms with E-state index in [1.54, 1.807) is 12.3 Å². The largest absolute Gasteiger partial charge is 0.353 e. The fraction of sp³-hybridized carbons (Fsp3) is 0.263. The Morgan fingerprint density at radius 2 is 2.07 bits per heavy atom. The highest BCUT2D eigenvalue weighted by molar-refractivity contribution is 7.13. The van der Waals surface area contributed by atoms with Crippen molar-refractivity contribution >= 4 is 50.0 Å². The van der Waals surface area contributed by atoms with Crippen molar-refractivity contribution in [1.29, 1.82) is 0 Å². The minimum Gasteiger partial charge on any atom is -0.353 e. The zero-order valence-electron chi connectivity index (χ0n) is 14.8. The number of nitrogens with zero attached hydrogens (tertiary/aromatic N) is 5. The second-order valence-corrected chi connectivity index (χ2v) is 8.17. The summed E-state index contributed by atoms with van der Waals surface area (Å²) in [7, 11) is 0. The molecular weight excluding hydrogens is 377 g/mol. The highest BCUT2D eigenvalue weighted by Crippen LogP contribution is 2.35. The number of anilines is 3. The molecule has 0 bridgehead atoms. The predicted molar refractivity (Wildman–Crippen MR) is 108 cm³/mol.